The van der Waals surface area contributed by atoms with Gasteiger partial charge in [0.05, 0.1) is 13.7 Å². The van der Waals surface area contributed by atoms with E-state index in [1.54, 1.807) is 42.0 Å². The molecule has 6 nitrogen and oxygen atoms in total. The van der Waals surface area contributed by atoms with Crippen LogP contribution in [0.2, 0.25) is 0 Å². The maximum atomic E-state index is 9.07. The Hall–Kier alpha value is -8.96. The fraction of sp³-hybridized carbons (Fsp3) is 0. The first-order valence-corrected chi connectivity index (χ1v) is 23.2. The minimum atomic E-state index is -0.573. The number of hydrogen-bond acceptors (Lipinski definition) is 5. The Morgan fingerprint density at radius 3 is 1.71 bits per heavy atom. The first-order chi connectivity index (χ1) is 39.9. The number of ether oxygens (including phenoxy) is 2. The Bertz CT molecular complexity index is 4340. The molecule has 0 N–H and O–H groups in total. The summed E-state index contributed by atoms with van der Waals surface area (Å²) < 4.78 is 103. The second-order valence-electron chi connectivity index (χ2n) is 16.9. The van der Waals surface area contributed by atoms with E-state index in [-0.39, 0.29) is 49.0 Å². The van der Waals surface area contributed by atoms with Gasteiger partial charge >= 0.3 is 0 Å². The predicted octanol–water partition coefficient (Wildman–Crippen LogP) is 17.4. The molecule has 0 saturated heterocycles. The number of hydrogen-bond donors (Lipinski definition) is 0. The molecule has 0 bridgehead atoms. The van der Waals surface area contributed by atoms with Crippen molar-refractivity contribution in [1.29, 1.82) is 0 Å². The van der Waals surface area contributed by atoms with Crippen molar-refractivity contribution in [2.45, 2.75) is 0 Å². The number of anilines is 4. The number of fused-ring (bicyclic) bond motifs is 4. The van der Waals surface area contributed by atoms with E-state index < -0.39 is 60.4 Å². The van der Waals surface area contributed by atoms with Crippen LogP contribution in [0.3, 0.4) is 0 Å². The summed E-state index contributed by atoms with van der Waals surface area (Å²) in [6.45, 7) is 1.73. The number of nitrogens with zero attached hydrogens (tertiary/aromatic N) is 4. The Morgan fingerprint density at radius 1 is 0.466 bits per heavy atom. The summed E-state index contributed by atoms with van der Waals surface area (Å²) in [5.41, 5.74) is 7.54. The molecule has 0 unspecified atom stereocenters. The van der Waals surface area contributed by atoms with Crippen molar-refractivity contribution < 1.29 is 44.2 Å². The van der Waals surface area contributed by atoms with Gasteiger partial charge in [-0.3, -0.25) is 0 Å². The van der Waals surface area contributed by atoms with Gasteiger partial charge in [0, 0.05) is 89.7 Å². The quantitative estimate of drug-likeness (QED) is 0.121. The maximum absolute atomic E-state index is 9.07. The molecule has 0 atom stereocenters. The Balaban J connectivity index is 0.00000680. The maximum Gasteiger partial charge on any atom is 0.143 e. The molecule has 0 spiro atoms. The summed E-state index contributed by atoms with van der Waals surface area (Å²) in [6, 6.07) is 61.5. The summed E-state index contributed by atoms with van der Waals surface area (Å²) in [7, 11) is 0. The topological polar surface area (TPSA) is 42.8 Å². The van der Waals surface area contributed by atoms with Gasteiger partial charge in [0.25, 0.3) is 0 Å². The van der Waals surface area contributed by atoms with Gasteiger partial charge in [-0.15, -0.1) is 48.1 Å². The minimum Gasteiger partial charge on any atom is -0.509 e. The molecule has 2 aromatic heterocycles. The molecule has 3 heterocycles. The average molecular weight is 1130 g/mol. The summed E-state index contributed by atoms with van der Waals surface area (Å²) in [5, 5.41) is 1.91. The van der Waals surface area contributed by atoms with Crippen molar-refractivity contribution in [2.75, 3.05) is 9.80 Å². The van der Waals surface area contributed by atoms with E-state index in [0.29, 0.717) is 51.4 Å². The van der Waals surface area contributed by atoms with Crippen LogP contribution >= 0.6 is 0 Å². The number of pyridine rings is 1. The van der Waals surface area contributed by atoms with Gasteiger partial charge in [0.2, 0.25) is 0 Å². The first kappa shape index (κ1) is 35.2. The van der Waals surface area contributed by atoms with Crippen molar-refractivity contribution in [3.05, 3.63) is 273 Å². The van der Waals surface area contributed by atoms with Gasteiger partial charge in [-0.1, -0.05) is 193 Å². The summed E-state index contributed by atoms with van der Waals surface area (Å²) >= 11 is 0. The van der Waals surface area contributed by atoms with Crippen LogP contribution in [-0.2, 0) is 21.1 Å². The molecule has 0 aliphatic carbocycles. The zero-order chi connectivity index (χ0) is 56.5. The zero-order valence-electron chi connectivity index (χ0n) is 48.5. The summed E-state index contributed by atoms with van der Waals surface area (Å²) in [5.74, 6) is 2.62. The first-order valence-electron chi connectivity index (χ1n) is 28.2. The number of benzene rings is 10. The molecule has 0 fully saturated rings. The third-order valence-corrected chi connectivity index (χ3v) is 12.6. The standard InChI is InChI=1S/C66H43N4O2.Pt/c1-5-20-46(21-6-1)54-31-18-32-55(47-22-7-2-8-23-47)65(54)69-45-68(61-36-15-16-37-62(61)69)50-28-17-29-51(42-50)71-52-38-39-59-58-30-13-14-35-60(58)70(63(59)43-52)64-44-53(40-41-67-64)72-66-56(48-24-9-3-10-25-48)33-19-34-57(66)49-26-11-4-12-27-49;/h1-41,44-45H;/q-3;/i1D,2D,5D,6D,7D,8D,20D,21D,22D,23D;. The van der Waals surface area contributed by atoms with E-state index >= 15 is 0 Å². The molecule has 7 heteroatoms. The molecule has 0 radical (unpaired) electrons. The van der Waals surface area contributed by atoms with Gasteiger partial charge in [0.1, 0.15) is 17.3 Å². The fourth-order valence-electron chi connectivity index (χ4n) is 9.42. The van der Waals surface area contributed by atoms with Crippen LogP contribution < -0.4 is 19.3 Å². The molecule has 1 aliphatic rings. The van der Waals surface area contributed by atoms with Crippen LogP contribution in [0, 0.1) is 18.8 Å². The molecule has 0 saturated carbocycles. The van der Waals surface area contributed by atoms with Crippen LogP contribution in [0.1, 0.15) is 13.7 Å². The Labute approximate surface area is 452 Å². The molecule has 0 amide bonds. The SMILES string of the molecule is [2H]c1c([2H])c([2H])c(-c2cccc(-c3c([2H])c([2H])c([2H])c([2H])c3[2H])c2N2[CH-]N(c3[c-]c(Oc4[c-]c5c(cc4)c4ccccc4n5-c4cc(Oc5c(-c6ccccc6)cccc5-c5ccccc5)ccn4)ccc3)c3ccccc32)c([2H])c1[2H].[Pt]. The second kappa shape index (κ2) is 19.7. The predicted molar refractivity (Wildman–Crippen MR) is 292 cm³/mol. The number of aromatic nitrogens is 2. The molecule has 73 heavy (non-hydrogen) atoms. The zero-order valence-corrected chi connectivity index (χ0v) is 40.7. The van der Waals surface area contributed by atoms with Crippen molar-refractivity contribution in [3.8, 4) is 73.3 Å². The van der Waals surface area contributed by atoms with E-state index in [2.05, 4.69) is 54.6 Å². The Kier molecular flexibility index (Phi) is 9.49. The van der Waals surface area contributed by atoms with Crippen LogP contribution in [0.15, 0.2) is 255 Å². The third kappa shape index (κ3) is 8.52. The van der Waals surface area contributed by atoms with Crippen molar-refractivity contribution >= 4 is 44.6 Å². The third-order valence-electron chi connectivity index (χ3n) is 12.6. The van der Waals surface area contributed by atoms with E-state index in [9.17, 15) is 0 Å². The minimum absolute atomic E-state index is 0. The van der Waals surface area contributed by atoms with Gasteiger partial charge < -0.3 is 23.8 Å². The second-order valence-corrected chi connectivity index (χ2v) is 16.9. The van der Waals surface area contributed by atoms with Crippen molar-refractivity contribution in [3.63, 3.8) is 0 Å². The molecular weight excluding hydrogens is 1080 g/mol. The normalized spacial score (nSPS) is 13.8. The molecule has 352 valence electrons. The van der Waals surface area contributed by atoms with E-state index in [0.717, 1.165) is 38.5 Å². The summed E-state index contributed by atoms with van der Waals surface area (Å²) in [6.07, 6.45) is 1.74. The van der Waals surface area contributed by atoms with E-state index in [4.69, 9.17) is 28.2 Å². The smallest absolute Gasteiger partial charge is 0.143 e. The number of rotatable bonds is 11. The van der Waals surface area contributed by atoms with Crippen LogP contribution in [0.25, 0.3) is 72.1 Å². The van der Waals surface area contributed by atoms with Crippen molar-refractivity contribution in [1.82, 2.24) is 9.55 Å². The van der Waals surface area contributed by atoms with Crippen LogP contribution in [0.4, 0.5) is 22.7 Å². The molecular formula is C66H43N4O2Pt-3. The van der Waals surface area contributed by atoms with Crippen molar-refractivity contribution in [2.24, 2.45) is 0 Å². The van der Waals surface area contributed by atoms with E-state index in [1.165, 1.54) is 0 Å². The molecule has 13 rings (SSSR count). The van der Waals surface area contributed by atoms with E-state index in [1.807, 2.05) is 131 Å². The van der Waals surface area contributed by atoms with Gasteiger partial charge in [-0.25, -0.2) is 4.98 Å². The number of para-hydroxylation sites is 5. The van der Waals surface area contributed by atoms with Gasteiger partial charge in [-0.2, -0.15) is 12.1 Å². The van der Waals surface area contributed by atoms with Gasteiger partial charge in [-0.05, 0) is 51.9 Å². The molecule has 1 aliphatic heterocycles. The Morgan fingerprint density at radius 2 is 1.04 bits per heavy atom. The van der Waals surface area contributed by atoms with Gasteiger partial charge in [0.15, 0.2) is 0 Å². The molecule has 10 aromatic carbocycles. The van der Waals surface area contributed by atoms with Crippen LogP contribution in [-0.4, -0.2) is 9.55 Å². The fourth-order valence-corrected chi connectivity index (χ4v) is 9.42. The summed E-state index contributed by atoms with van der Waals surface area (Å²) in [4.78, 5) is 8.49. The molecule has 12 aromatic rings. The average Bonchev–Trinajstić information content (AvgIpc) is 4.25. The largest absolute Gasteiger partial charge is 0.509 e. The van der Waals surface area contributed by atoms with Crippen LogP contribution in [0.5, 0.6) is 23.0 Å². The monoisotopic (exact) mass is 1130 g/mol.